The van der Waals surface area contributed by atoms with E-state index in [1.807, 2.05) is 24.3 Å². The van der Waals surface area contributed by atoms with Gasteiger partial charge in [0.25, 0.3) is 5.91 Å². The van der Waals surface area contributed by atoms with Gasteiger partial charge in [-0.25, -0.2) is 9.59 Å². The van der Waals surface area contributed by atoms with Crippen LogP contribution in [0.15, 0.2) is 42.5 Å². The summed E-state index contributed by atoms with van der Waals surface area (Å²) in [5, 5.41) is 0.320. The van der Waals surface area contributed by atoms with E-state index in [1.165, 1.54) is 30.2 Å². The van der Waals surface area contributed by atoms with Gasteiger partial charge in [-0.15, -0.1) is 0 Å². The third-order valence-electron chi connectivity index (χ3n) is 4.60. The van der Waals surface area contributed by atoms with Crippen molar-refractivity contribution in [3.05, 3.63) is 64.2 Å². The molecule has 8 heteroatoms. The molecule has 1 aliphatic rings. The van der Waals surface area contributed by atoms with Gasteiger partial charge in [0.05, 0.1) is 23.4 Å². The Kier molecular flexibility index (Phi) is 5.84. The quantitative estimate of drug-likeness (QED) is 0.621. The molecule has 3 rings (SSSR count). The Morgan fingerprint density at radius 2 is 1.89 bits per heavy atom. The number of benzene rings is 2. The second kappa shape index (κ2) is 8.31. The average molecular weight is 403 g/mol. The van der Waals surface area contributed by atoms with Crippen LogP contribution in [0.4, 0.5) is 5.69 Å². The lowest BCUT2D eigenvalue weighted by atomic mass is 9.94. The first kappa shape index (κ1) is 19.7. The summed E-state index contributed by atoms with van der Waals surface area (Å²) in [5.41, 5.74) is 8.02. The molecule has 0 fully saturated rings. The molecule has 0 aliphatic carbocycles. The number of carbonyl (C=O) groups is 3. The summed E-state index contributed by atoms with van der Waals surface area (Å²) in [4.78, 5) is 38.4. The summed E-state index contributed by atoms with van der Waals surface area (Å²) in [6.07, 6.45) is 0.344. The second-order valence-electron chi connectivity index (χ2n) is 6.35. The van der Waals surface area contributed by atoms with Crippen LogP contribution in [0.2, 0.25) is 5.02 Å². The zero-order chi connectivity index (χ0) is 20.3. The zero-order valence-corrected chi connectivity index (χ0v) is 15.9. The van der Waals surface area contributed by atoms with Crippen molar-refractivity contribution in [2.75, 3.05) is 19.5 Å². The summed E-state index contributed by atoms with van der Waals surface area (Å²) in [6.45, 7) is -0.267. The van der Waals surface area contributed by atoms with Crippen molar-refractivity contribution >= 4 is 35.1 Å². The number of halogens is 1. The van der Waals surface area contributed by atoms with Gasteiger partial charge in [0.15, 0.2) is 6.61 Å². The molecule has 2 aromatic rings. The van der Waals surface area contributed by atoms with E-state index in [-0.39, 0.29) is 17.8 Å². The van der Waals surface area contributed by atoms with E-state index in [2.05, 4.69) is 0 Å². The molecule has 1 aliphatic heterocycles. The SMILES string of the molecule is COC(=O)[C@@H]1Cc2ccccc2CN1C(=O)COC(=O)c1ccc(Cl)c(N)c1. The van der Waals surface area contributed by atoms with Crippen molar-refractivity contribution in [3.8, 4) is 0 Å². The first-order chi connectivity index (χ1) is 13.4. The highest BCUT2D eigenvalue weighted by Crippen LogP contribution is 2.24. The van der Waals surface area contributed by atoms with Crippen molar-refractivity contribution < 1.29 is 23.9 Å². The third-order valence-corrected chi connectivity index (χ3v) is 4.94. The lowest BCUT2D eigenvalue weighted by Gasteiger charge is -2.35. The number of nitrogens with zero attached hydrogens (tertiary/aromatic N) is 1. The number of ether oxygens (including phenoxy) is 2. The van der Waals surface area contributed by atoms with Crippen molar-refractivity contribution in [1.82, 2.24) is 4.90 Å². The molecule has 0 unspecified atom stereocenters. The van der Waals surface area contributed by atoms with Crippen LogP contribution in [0.3, 0.4) is 0 Å². The van der Waals surface area contributed by atoms with Crippen molar-refractivity contribution in [1.29, 1.82) is 0 Å². The topological polar surface area (TPSA) is 98.9 Å². The van der Waals surface area contributed by atoms with Crippen LogP contribution in [0.25, 0.3) is 0 Å². The zero-order valence-electron chi connectivity index (χ0n) is 15.2. The van der Waals surface area contributed by atoms with Crippen LogP contribution in [-0.2, 0) is 32.0 Å². The predicted octanol–water partition coefficient (Wildman–Crippen LogP) is 2.21. The van der Waals surface area contributed by atoms with Gasteiger partial charge in [-0.05, 0) is 29.3 Å². The standard InChI is InChI=1S/C20H19ClN2O5/c1-27-20(26)17-9-12-4-2-3-5-14(12)10-23(17)18(24)11-28-19(25)13-6-7-15(21)16(22)8-13/h2-8,17H,9-11,22H2,1H3/t17-/m0/s1. The van der Waals surface area contributed by atoms with Crippen LogP contribution in [0.1, 0.15) is 21.5 Å². The number of esters is 2. The van der Waals surface area contributed by atoms with E-state index >= 15 is 0 Å². The Labute approximate surface area is 167 Å². The van der Waals surface area contributed by atoms with E-state index < -0.39 is 30.5 Å². The van der Waals surface area contributed by atoms with Gasteiger partial charge in [0.2, 0.25) is 0 Å². The predicted molar refractivity (Wildman–Crippen MR) is 103 cm³/mol. The first-order valence-corrected chi connectivity index (χ1v) is 8.94. The second-order valence-corrected chi connectivity index (χ2v) is 6.75. The number of nitrogen functional groups attached to an aromatic ring is 1. The van der Waals surface area contributed by atoms with Gasteiger partial charge in [-0.3, -0.25) is 4.79 Å². The Morgan fingerprint density at radius 1 is 1.18 bits per heavy atom. The molecule has 7 nitrogen and oxygen atoms in total. The highest BCUT2D eigenvalue weighted by atomic mass is 35.5. The fraction of sp³-hybridized carbons (Fsp3) is 0.250. The molecular formula is C20H19ClN2O5. The monoisotopic (exact) mass is 402 g/mol. The maximum atomic E-state index is 12.7. The molecular weight excluding hydrogens is 384 g/mol. The van der Waals surface area contributed by atoms with Crippen molar-refractivity contribution in [2.45, 2.75) is 19.0 Å². The van der Waals surface area contributed by atoms with Gasteiger partial charge >= 0.3 is 11.9 Å². The molecule has 0 bridgehead atoms. The van der Waals surface area contributed by atoms with Gasteiger partial charge in [0, 0.05) is 13.0 Å². The number of anilines is 1. The van der Waals surface area contributed by atoms with Gasteiger partial charge < -0.3 is 20.1 Å². The number of nitrogens with two attached hydrogens (primary N) is 1. The normalized spacial score (nSPS) is 15.5. The molecule has 0 spiro atoms. The van der Waals surface area contributed by atoms with Gasteiger partial charge in [0.1, 0.15) is 6.04 Å². The van der Waals surface area contributed by atoms with Crippen LogP contribution < -0.4 is 5.73 Å². The highest BCUT2D eigenvalue weighted by molar-refractivity contribution is 6.33. The largest absolute Gasteiger partial charge is 0.467 e. The minimum atomic E-state index is -0.766. The maximum absolute atomic E-state index is 12.7. The lowest BCUT2D eigenvalue weighted by Crippen LogP contribution is -2.50. The number of hydrogen-bond donors (Lipinski definition) is 1. The van der Waals surface area contributed by atoms with E-state index in [1.54, 1.807) is 0 Å². The Bertz CT molecular complexity index is 931. The lowest BCUT2D eigenvalue weighted by molar-refractivity contribution is -0.155. The van der Waals surface area contributed by atoms with Crippen LogP contribution in [-0.4, -0.2) is 42.5 Å². The van der Waals surface area contributed by atoms with E-state index in [9.17, 15) is 14.4 Å². The summed E-state index contributed by atoms with van der Waals surface area (Å²) < 4.78 is 9.94. The molecule has 0 radical (unpaired) electrons. The molecule has 0 saturated heterocycles. The molecule has 0 saturated carbocycles. The third kappa shape index (κ3) is 4.09. The summed E-state index contributed by atoms with van der Waals surface area (Å²) in [6, 6.07) is 11.1. The fourth-order valence-electron chi connectivity index (χ4n) is 3.10. The van der Waals surface area contributed by atoms with Crippen LogP contribution in [0.5, 0.6) is 0 Å². The van der Waals surface area contributed by atoms with Crippen molar-refractivity contribution in [2.24, 2.45) is 0 Å². The molecule has 1 heterocycles. The molecule has 1 amide bonds. The smallest absolute Gasteiger partial charge is 0.338 e. The highest BCUT2D eigenvalue weighted by Gasteiger charge is 2.35. The molecule has 2 aromatic carbocycles. The Hall–Kier alpha value is -3.06. The van der Waals surface area contributed by atoms with Crippen LogP contribution in [0, 0.1) is 0 Å². The number of rotatable bonds is 4. The average Bonchev–Trinajstić information content (AvgIpc) is 2.72. The Morgan fingerprint density at radius 3 is 2.57 bits per heavy atom. The molecule has 2 N–H and O–H groups in total. The number of fused-ring (bicyclic) bond motifs is 1. The molecule has 1 atom stereocenters. The van der Waals surface area contributed by atoms with E-state index in [4.69, 9.17) is 26.8 Å². The summed E-state index contributed by atoms with van der Waals surface area (Å²) in [7, 11) is 1.27. The first-order valence-electron chi connectivity index (χ1n) is 8.57. The summed E-state index contributed by atoms with van der Waals surface area (Å²) in [5.74, 6) is -1.71. The Balaban J connectivity index is 1.71. The van der Waals surface area contributed by atoms with E-state index in [0.29, 0.717) is 11.4 Å². The number of carbonyl (C=O) groups excluding carboxylic acids is 3. The molecule has 0 aromatic heterocycles. The minimum absolute atomic E-state index is 0.184. The van der Waals surface area contributed by atoms with E-state index in [0.717, 1.165) is 11.1 Å². The molecule has 146 valence electrons. The maximum Gasteiger partial charge on any atom is 0.338 e. The molecule has 28 heavy (non-hydrogen) atoms. The summed E-state index contributed by atoms with van der Waals surface area (Å²) >= 11 is 5.83. The number of methoxy groups -OCH3 is 1. The number of hydrogen-bond acceptors (Lipinski definition) is 6. The van der Waals surface area contributed by atoms with Crippen LogP contribution >= 0.6 is 11.6 Å². The number of amides is 1. The fourth-order valence-corrected chi connectivity index (χ4v) is 3.21. The van der Waals surface area contributed by atoms with Gasteiger partial charge in [-0.2, -0.15) is 0 Å². The van der Waals surface area contributed by atoms with Crippen molar-refractivity contribution in [3.63, 3.8) is 0 Å². The van der Waals surface area contributed by atoms with Gasteiger partial charge in [-0.1, -0.05) is 35.9 Å². The minimum Gasteiger partial charge on any atom is -0.467 e.